The van der Waals surface area contributed by atoms with E-state index in [0.717, 1.165) is 0 Å². The van der Waals surface area contributed by atoms with Crippen LogP contribution >= 0.6 is 0 Å². The molecule has 2 fully saturated rings. The highest BCUT2D eigenvalue weighted by Gasteiger charge is 2.48. The summed E-state index contributed by atoms with van der Waals surface area (Å²) in [6.45, 7) is 1.92. The quantitative estimate of drug-likeness (QED) is 0.479. The first kappa shape index (κ1) is 11.5. The number of sulfonamides is 1. The topological polar surface area (TPSA) is 80.8 Å². The zero-order chi connectivity index (χ0) is 11.9. The molecule has 0 aromatic rings. The van der Waals surface area contributed by atoms with Crippen LogP contribution in [0, 0.1) is 11.8 Å². The minimum Gasteiger partial charge on any atom is -0.393 e. The standard InChI is InChI=1S/C9H13NO5S/c1-2-16(13,14)10-4-3-6-7(5-10)9(12)15-8(6)11/h6-7H,2-5H2,1H3. The van der Waals surface area contributed by atoms with Gasteiger partial charge in [0.15, 0.2) is 0 Å². The van der Waals surface area contributed by atoms with Gasteiger partial charge >= 0.3 is 11.9 Å². The summed E-state index contributed by atoms with van der Waals surface area (Å²) >= 11 is 0. The van der Waals surface area contributed by atoms with Gasteiger partial charge in [-0.3, -0.25) is 9.59 Å². The number of rotatable bonds is 2. The molecule has 90 valence electrons. The summed E-state index contributed by atoms with van der Waals surface area (Å²) in [5.74, 6) is -2.15. The first-order valence-electron chi connectivity index (χ1n) is 5.19. The van der Waals surface area contributed by atoms with Gasteiger partial charge in [0.25, 0.3) is 0 Å². The molecule has 0 N–H and O–H groups in total. The zero-order valence-electron chi connectivity index (χ0n) is 8.88. The molecule has 0 aliphatic carbocycles. The average Bonchev–Trinajstić information content (AvgIpc) is 2.54. The van der Waals surface area contributed by atoms with Crippen molar-refractivity contribution in [1.29, 1.82) is 0 Å². The van der Waals surface area contributed by atoms with Gasteiger partial charge in [0, 0.05) is 13.1 Å². The summed E-state index contributed by atoms with van der Waals surface area (Å²) < 4.78 is 29.0. The van der Waals surface area contributed by atoms with Crippen LogP contribution in [0.15, 0.2) is 0 Å². The predicted molar refractivity (Wildman–Crippen MR) is 53.7 cm³/mol. The van der Waals surface area contributed by atoms with Crippen LogP contribution in [0.1, 0.15) is 13.3 Å². The number of hydrogen-bond acceptors (Lipinski definition) is 5. The SMILES string of the molecule is CCS(=O)(=O)N1CCC2C(=O)OC(=O)C2C1. The van der Waals surface area contributed by atoms with E-state index in [0.29, 0.717) is 13.0 Å². The van der Waals surface area contributed by atoms with E-state index in [1.165, 1.54) is 4.31 Å². The molecule has 2 aliphatic rings. The highest BCUT2D eigenvalue weighted by atomic mass is 32.2. The first-order valence-corrected chi connectivity index (χ1v) is 6.80. The number of cyclic esters (lactones) is 2. The maximum atomic E-state index is 11.6. The van der Waals surface area contributed by atoms with Gasteiger partial charge in [-0.15, -0.1) is 0 Å². The highest BCUT2D eigenvalue weighted by Crippen LogP contribution is 2.32. The third-order valence-electron chi connectivity index (χ3n) is 3.14. The number of hydrogen-bond donors (Lipinski definition) is 0. The molecule has 2 heterocycles. The smallest absolute Gasteiger partial charge is 0.318 e. The maximum Gasteiger partial charge on any atom is 0.318 e. The van der Waals surface area contributed by atoms with Crippen molar-refractivity contribution in [1.82, 2.24) is 4.31 Å². The molecular weight excluding hydrogens is 234 g/mol. The molecular formula is C9H13NO5S. The molecule has 6 nitrogen and oxygen atoms in total. The maximum absolute atomic E-state index is 11.6. The molecule has 0 radical (unpaired) electrons. The van der Waals surface area contributed by atoms with Crippen LogP contribution in [0.5, 0.6) is 0 Å². The van der Waals surface area contributed by atoms with E-state index in [2.05, 4.69) is 4.74 Å². The molecule has 0 saturated carbocycles. The van der Waals surface area contributed by atoms with E-state index in [1.807, 2.05) is 0 Å². The molecule has 2 aliphatic heterocycles. The second-order valence-electron chi connectivity index (χ2n) is 4.00. The zero-order valence-corrected chi connectivity index (χ0v) is 9.70. The van der Waals surface area contributed by atoms with Crippen molar-refractivity contribution in [3.8, 4) is 0 Å². The van der Waals surface area contributed by atoms with Crippen molar-refractivity contribution in [2.75, 3.05) is 18.8 Å². The van der Waals surface area contributed by atoms with Crippen molar-refractivity contribution in [2.45, 2.75) is 13.3 Å². The van der Waals surface area contributed by atoms with Crippen molar-refractivity contribution in [2.24, 2.45) is 11.8 Å². The van der Waals surface area contributed by atoms with E-state index in [1.54, 1.807) is 6.92 Å². The van der Waals surface area contributed by atoms with Crippen molar-refractivity contribution in [3.05, 3.63) is 0 Å². The van der Waals surface area contributed by atoms with Crippen molar-refractivity contribution < 1.29 is 22.7 Å². The fourth-order valence-corrected chi connectivity index (χ4v) is 3.27. The molecule has 2 unspecified atom stereocenters. The number of piperidine rings is 1. The van der Waals surface area contributed by atoms with Gasteiger partial charge in [-0.2, -0.15) is 0 Å². The average molecular weight is 247 g/mol. The Hall–Kier alpha value is -0.950. The lowest BCUT2D eigenvalue weighted by Gasteiger charge is -2.30. The molecule has 2 rings (SSSR count). The Labute approximate surface area is 93.6 Å². The second-order valence-corrected chi connectivity index (χ2v) is 6.26. The van der Waals surface area contributed by atoms with Crippen LogP contribution in [-0.4, -0.2) is 43.5 Å². The molecule has 0 amide bonds. The minimum absolute atomic E-state index is 0.00732. The Morgan fingerprint density at radius 1 is 1.31 bits per heavy atom. The Morgan fingerprint density at radius 2 is 1.94 bits per heavy atom. The van der Waals surface area contributed by atoms with E-state index in [9.17, 15) is 18.0 Å². The van der Waals surface area contributed by atoms with Crippen LogP contribution < -0.4 is 0 Å². The highest BCUT2D eigenvalue weighted by molar-refractivity contribution is 7.89. The summed E-state index contributed by atoms with van der Waals surface area (Å²) in [5, 5.41) is 0. The van der Waals surface area contributed by atoms with E-state index >= 15 is 0 Å². The Kier molecular flexibility index (Phi) is 2.75. The molecule has 2 atom stereocenters. The second kappa shape index (κ2) is 3.81. The number of esters is 2. The van der Waals surface area contributed by atoms with Crippen molar-refractivity contribution in [3.63, 3.8) is 0 Å². The van der Waals surface area contributed by atoms with E-state index in [-0.39, 0.29) is 12.3 Å². The summed E-state index contributed by atoms with van der Waals surface area (Å²) in [6, 6.07) is 0. The van der Waals surface area contributed by atoms with E-state index < -0.39 is 33.8 Å². The number of ether oxygens (including phenoxy) is 1. The lowest BCUT2D eigenvalue weighted by molar-refractivity contribution is -0.153. The molecule has 0 bridgehead atoms. The van der Waals surface area contributed by atoms with Gasteiger partial charge in [0.2, 0.25) is 10.0 Å². The Bertz CT molecular complexity index is 429. The number of carbonyl (C=O) groups is 2. The molecule has 0 aromatic carbocycles. The number of nitrogens with zero attached hydrogens (tertiary/aromatic N) is 1. The fraction of sp³-hybridized carbons (Fsp3) is 0.778. The normalized spacial score (nSPS) is 31.3. The summed E-state index contributed by atoms with van der Waals surface area (Å²) in [5.41, 5.74) is 0. The van der Waals surface area contributed by atoms with Crippen LogP contribution in [0.3, 0.4) is 0 Å². The first-order chi connectivity index (χ1) is 7.45. The Balaban J connectivity index is 2.17. The van der Waals surface area contributed by atoms with Gasteiger partial charge in [0.05, 0.1) is 17.6 Å². The lowest BCUT2D eigenvalue weighted by Crippen LogP contribution is -2.45. The number of fused-ring (bicyclic) bond motifs is 1. The molecule has 7 heteroatoms. The molecule has 0 aromatic heterocycles. The van der Waals surface area contributed by atoms with Gasteiger partial charge in [0.1, 0.15) is 0 Å². The van der Waals surface area contributed by atoms with E-state index in [4.69, 9.17) is 0 Å². The lowest BCUT2D eigenvalue weighted by atomic mass is 9.89. The predicted octanol–water partition coefficient (Wildman–Crippen LogP) is -0.642. The van der Waals surface area contributed by atoms with Crippen LogP contribution in [-0.2, 0) is 24.3 Å². The fourth-order valence-electron chi connectivity index (χ4n) is 2.13. The third kappa shape index (κ3) is 1.73. The largest absolute Gasteiger partial charge is 0.393 e. The van der Waals surface area contributed by atoms with Gasteiger partial charge in [-0.05, 0) is 13.3 Å². The van der Waals surface area contributed by atoms with Gasteiger partial charge in [-0.1, -0.05) is 0 Å². The van der Waals surface area contributed by atoms with Crippen molar-refractivity contribution >= 4 is 22.0 Å². The van der Waals surface area contributed by atoms with Gasteiger partial charge in [-0.25, -0.2) is 12.7 Å². The van der Waals surface area contributed by atoms with Gasteiger partial charge < -0.3 is 4.74 Å². The summed E-state index contributed by atoms with van der Waals surface area (Å²) in [4.78, 5) is 22.5. The summed E-state index contributed by atoms with van der Waals surface area (Å²) in [7, 11) is -3.29. The number of carbonyl (C=O) groups excluding carboxylic acids is 2. The van der Waals surface area contributed by atoms with Crippen LogP contribution in [0.4, 0.5) is 0 Å². The third-order valence-corrected chi connectivity index (χ3v) is 4.99. The monoisotopic (exact) mass is 247 g/mol. The minimum atomic E-state index is -3.29. The Morgan fingerprint density at radius 3 is 2.56 bits per heavy atom. The van der Waals surface area contributed by atoms with Crippen LogP contribution in [0.2, 0.25) is 0 Å². The summed E-state index contributed by atoms with van der Waals surface area (Å²) in [6.07, 6.45) is 0.370. The molecule has 2 saturated heterocycles. The molecule has 16 heavy (non-hydrogen) atoms. The molecule has 0 spiro atoms. The van der Waals surface area contributed by atoms with Crippen LogP contribution in [0.25, 0.3) is 0 Å².